The van der Waals surface area contributed by atoms with Crippen LogP contribution in [0.15, 0.2) is 27.1 Å². The van der Waals surface area contributed by atoms with Gasteiger partial charge in [-0.15, -0.1) is 21.5 Å². The van der Waals surface area contributed by atoms with Crippen molar-refractivity contribution in [2.75, 3.05) is 0 Å². The molecule has 120 valence electrons. The molecule has 0 amide bonds. The second-order valence-corrected chi connectivity index (χ2v) is 7.54. The molecule has 0 radical (unpaired) electrons. The Labute approximate surface area is 143 Å². The Morgan fingerprint density at radius 1 is 1.39 bits per heavy atom. The predicted molar refractivity (Wildman–Crippen MR) is 91.8 cm³/mol. The van der Waals surface area contributed by atoms with Crippen LogP contribution in [-0.2, 0) is 12.3 Å². The Bertz CT molecular complexity index is 802. The van der Waals surface area contributed by atoms with E-state index in [2.05, 4.69) is 26.7 Å². The van der Waals surface area contributed by atoms with Crippen molar-refractivity contribution in [2.24, 2.45) is 0 Å². The van der Waals surface area contributed by atoms with Crippen molar-refractivity contribution in [3.8, 4) is 10.8 Å². The van der Waals surface area contributed by atoms with Crippen molar-refractivity contribution in [3.05, 3.63) is 34.8 Å². The number of nitrogens with zero attached hydrogens (tertiary/aromatic N) is 4. The largest absolute Gasteiger partial charge is 0.440 e. The fourth-order valence-electron chi connectivity index (χ4n) is 2.55. The fraction of sp³-hybridized carbons (Fsp3) is 0.438. The Morgan fingerprint density at radius 2 is 2.26 bits per heavy atom. The number of hydrogen-bond acceptors (Lipinski definition) is 6. The first-order valence-corrected chi connectivity index (χ1v) is 9.69. The lowest BCUT2D eigenvalue weighted by Gasteiger charge is -2.05. The molecule has 1 saturated carbocycles. The van der Waals surface area contributed by atoms with Crippen molar-refractivity contribution in [2.45, 2.75) is 50.1 Å². The van der Waals surface area contributed by atoms with E-state index < -0.39 is 0 Å². The highest BCUT2D eigenvalue weighted by Crippen LogP contribution is 2.40. The Morgan fingerprint density at radius 3 is 2.96 bits per heavy atom. The third-order valence-corrected chi connectivity index (χ3v) is 5.80. The van der Waals surface area contributed by atoms with Gasteiger partial charge in [-0.3, -0.25) is 0 Å². The van der Waals surface area contributed by atoms with Crippen LogP contribution >= 0.6 is 23.1 Å². The quantitative estimate of drug-likeness (QED) is 0.615. The molecule has 0 aliphatic heterocycles. The van der Waals surface area contributed by atoms with Crippen LogP contribution in [-0.4, -0.2) is 19.7 Å². The summed E-state index contributed by atoms with van der Waals surface area (Å²) in [5.41, 5.74) is 0.983. The van der Waals surface area contributed by atoms with Crippen molar-refractivity contribution >= 4 is 23.1 Å². The lowest BCUT2D eigenvalue weighted by molar-refractivity contribution is 0.542. The van der Waals surface area contributed by atoms with Gasteiger partial charge in [0, 0.05) is 18.2 Å². The summed E-state index contributed by atoms with van der Waals surface area (Å²) >= 11 is 3.33. The summed E-state index contributed by atoms with van der Waals surface area (Å²) in [6, 6.07) is 4.04. The number of thioether (sulfide) groups is 1. The molecule has 23 heavy (non-hydrogen) atoms. The first kappa shape index (κ1) is 15.0. The van der Waals surface area contributed by atoms with E-state index >= 15 is 0 Å². The molecule has 0 N–H and O–H groups in total. The number of aryl methyl sites for hydroxylation is 1. The molecular formula is C16H18N4OS2. The molecule has 0 unspecified atom stereocenters. The summed E-state index contributed by atoms with van der Waals surface area (Å²) in [7, 11) is 0. The summed E-state index contributed by atoms with van der Waals surface area (Å²) < 4.78 is 8.03. The van der Waals surface area contributed by atoms with Gasteiger partial charge in [0.1, 0.15) is 11.6 Å². The van der Waals surface area contributed by atoms with Gasteiger partial charge in [0.25, 0.3) is 0 Å². The van der Waals surface area contributed by atoms with Crippen LogP contribution in [0.2, 0.25) is 0 Å². The molecule has 1 aliphatic carbocycles. The van der Waals surface area contributed by atoms with Crippen molar-refractivity contribution < 1.29 is 4.42 Å². The molecule has 1 aliphatic rings. The lowest BCUT2D eigenvalue weighted by atomic mass is 10.4. The second-order valence-electron chi connectivity index (χ2n) is 5.65. The van der Waals surface area contributed by atoms with Crippen LogP contribution in [0.4, 0.5) is 0 Å². The SMILES string of the molecule is CCn1c(SCc2nc(-c3cccs3)oc2C)nnc1C1CC1. The Kier molecular flexibility index (Phi) is 3.98. The standard InChI is InChI=1S/C16H18N4OS2/c1-3-20-14(11-6-7-11)18-19-16(20)23-9-12-10(2)21-15(17-12)13-5-4-8-22-13/h4-5,8,11H,3,6-7,9H2,1-2H3. The molecule has 0 atom stereocenters. The van der Waals surface area contributed by atoms with Crippen molar-refractivity contribution in [1.82, 2.24) is 19.7 Å². The van der Waals surface area contributed by atoms with Gasteiger partial charge in [0.15, 0.2) is 5.16 Å². The van der Waals surface area contributed by atoms with Crippen LogP contribution in [0, 0.1) is 6.92 Å². The zero-order chi connectivity index (χ0) is 15.8. The van der Waals surface area contributed by atoms with Crippen molar-refractivity contribution in [3.63, 3.8) is 0 Å². The second kappa shape index (κ2) is 6.13. The number of aromatic nitrogens is 4. The highest BCUT2D eigenvalue weighted by Gasteiger charge is 2.30. The van der Waals surface area contributed by atoms with Gasteiger partial charge in [0.2, 0.25) is 5.89 Å². The lowest BCUT2D eigenvalue weighted by Crippen LogP contribution is -2.02. The predicted octanol–water partition coefficient (Wildman–Crippen LogP) is 4.49. The number of hydrogen-bond donors (Lipinski definition) is 0. The number of thiophene rings is 1. The molecule has 7 heteroatoms. The zero-order valence-electron chi connectivity index (χ0n) is 13.2. The van der Waals surface area contributed by atoms with Gasteiger partial charge in [-0.1, -0.05) is 17.8 Å². The van der Waals surface area contributed by atoms with E-state index in [1.807, 2.05) is 24.4 Å². The zero-order valence-corrected chi connectivity index (χ0v) is 14.8. The van der Waals surface area contributed by atoms with Gasteiger partial charge < -0.3 is 8.98 Å². The molecule has 5 nitrogen and oxygen atoms in total. The third-order valence-electron chi connectivity index (χ3n) is 3.97. The molecule has 0 saturated heterocycles. The molecule has 3 heterocycles. The first-order valence-electron chi connectivity index (χ1n) is 7.82. The highest BCUT2D eigenvalue weighted by molar-refractivity contribution is 7.98. The van der Waals surface area contributed by atoms with E-state index in [1.54, 1.807) is 23.1 Å². The Hall–Kier alpha value is -1.60. The number of rotatable bonds is 6. The van der Waals surface area contributed by atoms with Crippen molar-refractivity contribution in [1.29, 1.82) is 0 Å². The molecule has 3 aromatic heterocycles. The minimum absolute atomic E-state index is 0.621. The van der Waals surface area contributed by atoms with Gasteiger partial charge >= 0.3 is 0 Å². The minimum Gasteiger partial charge on any atom is -0.440 e. The van der Waals surface area contributed by atoms with E-state index in [0.717, 1.165) is 39.6 Å². The van der Waals surface area contributed by atoms with E-state index in [-0.39, 0.29) is 0 Å². The topological polar surface area (TPSA) is 56.7 Å². The van der Waals surface area contributed by atoms with E-state index in [1.165, 1.54) is 12.8 Å². The molecule has 1 fully saturated rings. The summed E-state index contributed by atoms with van der Waals surface area (Å²) in [5.74, 6) is 4.11. The van der Waals surface area contributed by atoms with E-state index in [0.29, 0.717) is 11.8 Å². The van der Waals surface area contributed by atoms with Gasteiger partial charge in [-0.25, -0.2) is 4.98 Å². The molecule has 0 aromatic carbocycles. The summed E-state index contributed by atoms with van der Waals surface area (Å²) in [6.07, 6.45) is 2.49. The van der Waals surface area contributed by atoms with Crippen LogP contribution < -0.4 is 0 Å². The summed E-state index contributed by atoms with van der Waals surface area (Å²) in [6.45, 7) is 5.04. The van der Waals surface area contributed by atoms with Gasteiger partial charge in [-0.2, -0.15) is 0 Å². The monoisotopic (exact) mass is 346 g/mol. The normalized spacial score (nSPS) is 14.5. The van der Waals surface area contributed by atoms with Crippen LogP contribution in [0.25, 0.3) is 10.8 Å². The molecule has 4 rings (SSSR count). The smallest absolute Gasteiger partial charge is 0.236 e. The van der Waals surface area contributed by atoms with Crippen LogP contribution in [0.1, 0.15) is 43.0 Å². The summed E-state index contributed by atoms with van der Waals surface area (Å²) in [5, 5.41) is 11.8. The average molecular weight is 346 g/mol. The van der Waals surface area contributed by atoms with E-state index in [9.17, 15) is 0 Å². The highest BCUT2D eigenvalue weighted by atomic mass is 32.2. The number of oxazole rings is 1. The average Bonchev–Trinajstić information content (AvgIpc) is 2.99. The summed E-state index contributed by atoms with van der Waals surface area (Å²) in [4.78, 5) is 5.71. The maximum absolute atomic E-state index is 5.80. The molecule has 0 bridgehead atoms. The van der Waals surface area contributed by atoms with Crippen LogP contribution in [0.5, 0.6) is 0 Å². The fourth-order valence-corrected chi connectivity index (χ4v) is 4.21. The van der Waals surface area contributed by atoms with Gasteiger partial charge in [0.05, 0.1) is 10.6 Å². The van der Waals surface area contributed by atoms with Crippen LogP contribution in [0.3, 0.4) is 0 Å². The molecular weight excluding hydrogens is 328 g/mol. The third kappa shape index (κ3) is 2.95. The maximum Gasteiger partial charge on any atom is 0.236 e. The molecule has 3 aromatic rings. The molecule has 0 spiro atoms. The first-order chi connectivity index (χ1) is 11.3. The van der Waals surface area contributed by atoms with Gasteiger partial charge in [-0.05, 0) is 38.1 Å². The Balaban J connectivity index is 1.51. The minimum atomic E-state index is 0.621. The van der Waals surface area contributed by atoms with E-state index in [4.69, 9.17) is 4.42 Å². The maximum atomic E-state index is 5.80.